The van der Waals surface area contributed by atoms with Gasteiger partial charge in [-0.05, 0) is 63.2 Å². The van der Waals surface area contributed by atoms with E-state index in [9.17, 15) is 18.0 Å². The molecule has 0 radical (unpaired) electrons. The lowest BCUT2D eigenvalue weighted by atomic mass is 10.0. The van der Waals surface area contributed by atoms with E-state index in [2.05, 4.69) is 9.97 Å². The van der Waals surface area contributed by atoms with Crippen LogP contribution in [-0.2, 0) is 23.8 Å². The second-order valence-electron chi connectivity index (χ2n) is 8.67. The van der Waals surface area contributed by atoms with Crippen LogP contribution < -0.4 is 9.80 Å². The van der Waals surface area contributed by atoms with Crippen LogP contribution in [0, 0.1) is 17.1 Å². The van der Waals surface area contributed by atoms with Crippen molar-refractivity contribution in [1.29, 1.82) is 5.26 Å². The topological polar surface area (TPSA) is 86.3 Å². The van der Waals surface area contributed by atoms with Crippen LogP contribution in [0.5, 0.6) is 0 Å². The number of alkyl halides is 3. The Morgan fingerprint density at radius 1 is 1.19 bits per heavy atom. The van der Waals surface area contributed by atoms with E-state index in [4.69, 9.17) is 21.9 Å². The SMILES string of the molecule is CN(C(=S)N(c1ccc(CCCc2ncco2)nc1)C(C)(C)C=O)c1ccc(C#N)c(C(F)(F)F)c1F. The van der Waals surface area contributed by atoms with Gasteiger partial charge in [-0.1, -0.05) is 0 Å². The van der Waals surface area contributed by atoms with Crippen molar-refractivity contribution >= 4 is 35.0 Å². The lowest BCUT2D eigenvalue weighted by molar-refractivity contribution is -0.140. The van der Waals surface area contributed by atoms with Crippen LogP contribution >= 0.6 is 12.2 Å². The Bertz CT molecular complexity index is 1300. The Labute approximate surface area is 216 Å². The van der Waals surface area contributed by atoms with E-state index in [1.807, 2.05) is 0 Å². The second kappa shape index (κ2) is 11.0. The highest BCUT2D eigenvalue weighted by Gasteiger charge is 2.40. The second-order valence-corrected chi connectivity index (χ2v) is 9.03. The van der Waals surface area contributed by atoms with E-state index in [0.717, 1.165) is 29.1 Å². The minimum Gasteiger partial charge on any atom is -0.449 e. The fraction of sp³-hybridized carbons (Fsp3) is 0.320. The summed E-state index contributed by atoms with van der Waals surface area (Å²) < 4.78 is 60.8. The van der Waals surface area contributed by atoms with Crippen LogP contribution in [0.3, 0.4) is 0 Å². The minimum atomic E-state index is -5.10. The standard InChI is InChI=1S/C25H23F4N5O2S/c1-24(2,15-35)34(18-9-8-17(32-14-18)5-4-6-20-31-11-12-36-20)23(37)33(3)19-10-7-16(13-30)21(22(19)26)25(27,28)29/h7-12,14-15H,4-6H2,1-3H3. The van der Waals surface area contributed by atoms with Gasteiger partial charge in [-0.25, -0.2) is 9.37 Å². The van der Waals surface area contributed by atoms with E-state index in [0.29, 0.717) is 30.7 Å². The summed E-state index contributed by atoms with van der Waals surface area (Å²) in [5.41, 5.74) is -3.14. The van der Waals surface area contributed by atoms with Gasteiger partial charge in [-0.2, -0.15) is 18.4 Å². The van der Waals surface area contributed by atoms with E-state index in [1.54, 1.807) is 32.2 Å². The number of hydrogen-bond donors (Lipinski definition) is 0. The molecule has 2 heterocycles. The summed E-state index contributed by atoms with van der Waals surface area (Å²) in [6.07, 6.45) is 2.07. The molecule has 0 N–H and O–H groups in total. The maximum Gasteiger partial charge on any atom is 0.420 e. The molecule has 0 amide bonds. The molecule has 0 aliphatic rings. The van der Waals surface area contributed by atoms with E-state index in [-0.39, 0.29) is 5.11 Å². The number of aryl methyl sites for hydroxylation is 2. The van der Waals surface area contributed by atoms with Crippen LogP contribution in [0.1, 0.15) is 43.0 Å². The number of nitriles is 1. The first-order valence-electron chi connectivity index (χ1n) is 11.1. The van der Waals surface area contributed by atoms with Gasteiger partial charge < -0.3 is 19.0 Å². The third-order valence-electron chi connectivity index (χ3n) is 5.60. The smallest absolute Gasteiger partial charge is 0.420 e. The molecule has 0 saturated carbocycles. The normalized spacial score (nSPS) is 11.6. The van der Waals surface area contributed by atoms with E-state index in [1.165, 1.54) is 30.5 Å². The summed E-state index contributed by atoms with van der Waals surface area (Å²) in [5.74, 6) is -1.02. The number of aldehydes is 1. The molecular formula is C25H23F4N5O2S. The first-order chi connectivity index (χ1) is 17.4. The van der Waals surface area contributed by atoms with Gasteiger partial charge >= 0.3 is 6.18 Å². The first-order valence-corrected chi connectivity index (χ1v) is 11.5. The molecule has 7 nitrogen and oxygen atoms in total. The molecule has 12 heteroatoms. The van der Waals surface area contributed by atoms with E-state index >= 15 is 4.39 Å². The minimum absolute atomic E-state index is 0.146. The highest BCUT2D eigenvalue weighted by atomic mass is 32.1. The number of hydrogen-bond acceptors (Lipinski definition) is 6. The molecule has 0 unspecified atom stereocenters. The Kier molecular flexibility index (Phi) is 8.28. The summed E-state index contributed by atoms with van der Waals surface area (Å²) >= 11 is 5.52. The highest BCUT2D eigenvalue weighted by Crippen LogP contribution is 2.38. The van der Waals surface area contributed by atoms with Gasteiger partial charge in [0.2, 0.25) is 0 Å². The maximum atomic E-state index is 15.1. The molecule has 194 valence electrons. The average molecular weight is 534 g/mol. The number of nitrogens with zero attached hydrogens (tertiary/aromatic N) is 5. The predicted octanol–water partition coefficient (Wildman–Crippen LogP) is 5.48. The lowest BCUT2D eigenvalue weighted by Gasteiger charge is -2.39. The van der Waals surface area contributed by atoms with Crippen LogP contribution in [0.25, 0.3) is 0 Å². The molecule has 2 aromatic heterocycles. The number of carbonyl (C=O) groups excluding carboxylic acids is 1. The Balaban J connectivity index is 1.90. The number of halogens is 4. The number of benzene rings is 1. The zero-order valence-electron chi connectivity index (χ0n) is 20.2. The largest absolute Gasteiger partial charge is 0.449 e. The molecule has 0 bridgehead atoms. The van der Waals surface area contributed by atoms with Crippen molar-refractivity contribution in [2.24, 2.45) is 0 Å². The van der Waals surface area contributed by atoms with Crippen LogP contribution in [0.4, 0.5) is 28.9 Å². The van der Waals surface area contributed by atoms with Gasteiger partial charge in [0.1, 0.15) is 18.1 Å². The molecule has 3 rings (SSSR count). The molecule has 0 aliphatic heterocycles. The Morgan fingerprint density at radius 2 is 1.92 bits per heavy atom. The first kappa shape index (κ1) is 27.7. The summed E-state index contributed by atoms with van der Waals surface area (Å²) in [6, 6.07) is 6.70. The van der Waals surface area contributed by atoms with Crippen molar-refractivity contribution in [2.45, 2.75) is 44.8 Å². The predicted molar refractivity (Wildman–Crippen MR) is 133 cm³/mol. The molecule has 0 fully saturated rings. The van der Waals surface area contributed by atoms with Gasteiger partial charge in [0, 0.05) is 19.2 Å². The maximum absolute atomic E-state index is 15.1. The number of carbonyl (C=O) groups is 1. The number of rotatable bonds is 8. The zero-order chi connectivity index (χ0) is 27.4. The summed E-state index contributed by atoms with van der Waals surface area (Å²) in [7, 11) is 1.28. The number of anilines is 2. The summed E-state index contributed by atoms with van der Waals surface area (Å²) in [6.45, 7) is 3.11. The summed E-state index contributed by atoms with van der Waals surface area (Å²) in [5, 5.41) is 8.88. The van der Waals surface area contributed by atoms with Crippen LogP contribution in [0.15, 0.2) is 47.3 Å². The molecule has 37 heavy (non-hydrogen) atoms. The monoisotopic (exact) mass is 533 g/mol. The van der Waals surface area contributed by atoms with E-state index < -0.39 is 34.3 Å². The molecule has 0 atom stereocenters. The number of thiocarbonyl (C=S) groups is 1. The lowest BCUT2D eigenvalue weighted by Crippen LogP contribution is -2.54. The fourth-order valence-electron chi connectivity index (χ4n) is 3.68. The molecule has 0 spiro atoms. The number of pyridine rings is 1. The van der Waals surface area contributed by atoms with Crippen molar-refractivity contribution in [3.05, 3.63) is 71.5 Å². The van der Waals surface area contributed by atoms with Gasteiger partial charge in [0.05, 0.1) is 40.9 Å². The molecule has 1 aromatic carbocycles. The van der Waals surface area contributed by atoms with Gasteiger partial charge in [-0.15, -0.1) is 0 Å². The van der Waals surface area contributed by atoms with Gasteiger partial charge in [0.25, 0.3) is 0 Å². The fourth-order valence-corrected chi connectivity index (χ4v) is 4.12. The van der Waals surface area contributed by atoms with Crippen molar-refractivity contribution in [2.75, 3.05) is 16.8 Å². The molecular weight excluding hydrogens is 510 g/mol. The average Bonchev–Trinajstić information content (AvgIpc) is 3.37. The van der Waals surface area contributed by atoms with Crippen molar-refractivity contribution in [1.82, 2.24) is 9.97 Å². The highest BCUT2D eigenvalue weighted by molar-refractivity contribution is 7.80. The zero-order valence-corrected chi connectivity index (χ0v) is 21.0. The molecule has 0 aliphatic carbocycles. The summed E-state index contributed by atoms with van der Waals surface area (Å²) in [4.78, 5) is 22.8. The number of oxazole rings is 1. The quantitative estimate of drug-likeness (QED) is 0.214. The Hall–Kier alpha value is -3.85. The van der Waals surface area contributed by atoms with Crippen molar-refractivity contribution in [3.8, 4) is 6.07 Å². The third kappa shape index (κ3) is 6.11. The van der Waals surface area contributed by atoms with Gasteiger partial charge in [-0.3, -0.25) is 4.98 Å². The Morgan fingerprint density at radius 3 is 2.46 bits per heavy atom. The molecule has 3 aromatic rings. The van der Waals surface area contributed by atoms with Crippen molar-refractivity contribution in [3.63, 3.8) is 0 Å². The molecule has 0 saturated heterocycles. The number of aromatic nitrogens is 2. The third-order valence-corrected chi connectivity index (χ3v) is 6.06. The van der Waals surface area contributed by atoms with Gasteiger partial charge in [0.15, 0.2) is 16.8 Å². The van der Waals surface area contributed by atoms with Crippen molar-refractivity contribution < 1.29 is 26.8 Å². The van der Waals surface area contributed by atoms with Crippen LogP contribution in [-0.4, -0.2) is 34.0 Å². The van der Waals surface area contributed by atoms with Crippen LogP contribution in [0.2, 0.25) is 0 Å².